The Balaban J connectivity index is -0.0000000910. The van der Waals surface area contributed by atoms with Gasteiger partial charge in [0.2, 0.25) is 0 Å². The van der Waals surface area contributed by atoms with Crippen molar-refractivity contribution >= 4 is 16.4 Å². The minimum absolute atomic E-state index is 0. The topological polar surface area (TPSA) is 158 Å². The second-order valence-electron chi connectivity index (χ2n) is 0.908. The van der Waals surface area contributed by atoms with Crippen molar-refractivity contribution in [2.24, 2.45) is 11.5 Å². The van der Waals surface area contributed by atoms with Gasteiger partial charge in [-0.1, -0.05) is 0 Å². The van der Waals surface area contributed by atoms with E-state index in [1.165, 1.54) is 0 Å². The summed E-state index contributed by atoms with van der Waals surface area (Å²) in [6, 6.07) is 0. The molecular formula is CH6N3O4SZn-. The molecule has 0 spiro atoms. The zero-order valence-corrected chi connectivity index (χ0v) is 8.76. The van der Waals surface area contributed by atoms with E-state index in [2.05, 4.69) is 16.9 Å². The summed E-state index contributed by atoms with van der Waals surface area (Å²) < 4.78 is 34.1. The smallest absolute Gasteiger partial charge is 0.336 e. The van der Waals surface area contributed by atoms with Crippen molar-refractivity contribution in [2.45, 2.75) is 0 Å². The first-order valence-electron chi connectivity index (χ1n) is 1.53. The average Bonchev–Trinajstić information content (AvgIpc) is 1.19. The molecule has 0 aliphatic carbocycles. The third-order valence-electron chi connectivity index (χ3n) is 0. The van der Waals surface area contributed by atoms with Crippen LogP contribution in [0.3, 0.4) is 0 Å². The maximum atomic E-state index is 8.52. The summed E-state index contributed by atoms with van der Waals surface area (Å²) >= 11 is 0. The van der Waals surface area contributed by atoms with Gasteiger partial charge in [-0.05, 0) is 0 Å². The van der Waals surface area contributed by atoms with E-state index in [9.17, 15) is 0 Å². The Morgan fingerprint density at radius 2 is 1.30 bits per heavy atom. The zero-order chi connectivity index (χ0) is 8.08. The van der Waals surface area contributed by atoms with Gasteiger partial charge in [0.05, 0.1) is 0 Å². The van der Waals surface area contributed by atoms with E-state index in [0.717, 1.165) is 0 Å². The van der Waals surface area contributed by atoms with Crippen LogP contribution in [0.15, 0.2) is 0 Å². The molecule has 7 nitrogen and oxygen atoms in total. The van der Waals surface area contributed by atoms with Crippen molar-refractivity contribution in [3.63, 3.8) is 0 Å². The third-order valence-corrected chi connectivity index (χ3v) is 0. The molecule has 6 N–H and O–H groups in total. The zero-order valence-electron chi connectivity index (χ0n) is 4.98. The molecule has 9 heteroatoms. The quantitative estimate of drug-likeness (QED) is 0.123. The Morgan fingerprint density at radius 3 is 1.30 bits per heavy atom. The third kappa shape index (κ3) is 6340. The second kappa shape index (κ2) is 6.88. The molecule has 0 saturated heterocycles. The number of guanidine groups is 1. The van der Waals surface area contributed by atoms with Gasteiger partial charge >= 0.3 is 5.96 Å². The standard InChI is InChI=1S/CH5N3.H2O4S.Zn/c2-1(3)4;1-5(2,3)4;/h(H5,2,3,4);(H2,1,2,3,4);/p-1. The summed E-state index contributed by atoms with van der Waals surface area (Å²) in [6.07, 6.45) is 0. The van der Waals surface area contributed by atoms with Gasteiger partial charge in [-0.15, -0.1) is 0 Å². The molecule has 0 aromatic carbocycles. The maximum absolute atomic E-state index is 8.52. The minimum Gasteiger partial charge on any atom is -0.759 e. The van der Waals surface area contributed by atoms with Crippen LogP contribution in [-0.2, 0) is 29.9 Å². The summed E-state index contributed by atoms with van der Waals surface area (Å²) in [7, 11) is -5.17. The van der Waals surface area contributed by atoms with Crippen molar-refractivity contribution < 1.29 is 42.4 Å². The minimum atomic E-state index is -5.17. The number of hydrogen-bond acceptors (Lipinski definition) is 4. The van der Waals surface area contributed by atoms with Crippen molar-refractivity contribution in [3.05, 3.63) is 0 Å². The van der Waals surface area contributed by atoms with E-state index < -0.39 is 10.4 Å². The molecule has 0 aliphatic rings. The Hall–Kier alpha value is -0.237. The van der Waals surface area contributed by atoms with Crippen molar-refractivity contribution in [1.29, 1.82) is 0 Å². The summed E-state index contributed by atoms with van der Waals surface area (Å²) in [6.45, 7) is 0. The van der Waals surface area contributed by atoms with Gasteiger partial charge in [0.1, 0.15) is 0 Å². The maximum Gasteiger partial charge on any atom is 0.336 e. The molecule has 10 heavy (non-hydrogen) atoms. The van der Waals surface area contributed by atoms with Crippen LogP contribution in [0.2, 0.25) is 0 Å². The Bertz CT molecular complexity index is 163. The van der Waals surface area contributed by atoms with E-state index in [1.807, 2.05) is 0 Å². The van der Waals surface area contributed by atoms with Gasteiger partial charge in [-0.3, -0.25) is 25.3 Å². The number of rotatable bonds is 0. The van der Waals surface area contributed by atoms with Crippen LogP contribution >= 0.6 is 0 Å². The van der Waals surface area contributed by atoms with E-state index >= 15 is 0 Å². The van der Waals surface area contributed by atoms with Crippen molar-refractivity contribution in [1.82, 2.24) is 0 Å². The van der Waals surface area contributed by atoms with Gasteiger partial charge in [-0.25, -0.2) is 0 Å². The first-order chi connectivity index (χ1) is 3.73. The molecular weight excluding hydrogens is 215 g/mol. The summed E-state index contributed by atoms with van der Waals surface area (Å²) in [4.78, 5) is 0. The van der Waals surface area contributed by atoms with Gasteiger partial charge in [0.25, 0.3) is 0 Å². The molecule has 0 rings (SSSR count). The molecule has 0 aromatic heterocycles. The molecule has 0 unspecified atom stereocenters. The van der Waals surface area contributed by atoms with Crippen LogP contribution < -0.4 is 16.9 Å². The van der Waals surface area contributed by atoms with Crippen molar-refractivity contribution in [2.75, 3.05) is 0 Å². The molecule has 58 valence electrons. The predicted molar refractivity (Wildman–Crippen MR) is 25.8 cm³/mol. The summed E-state index contributed by atoms with van der Waals surface area (Å²) in [5.41, 5.74) is 9.17. The van der Waals surface area contributed by atoms with Crippen LogP contribution in [0, 0.1) is 0 Å². The van der Waals surface area contributed by atoms with E-state index in [-0.39, 0.29) is 25.4 Å². The van der Waals surface area contributed by atoms with Crippen LogP contribution in [-0.4, -0.2) is 23.5 Å². The van der Waals surface area contributed by atoms with Gasteiger partial charge in [0.15, 0.2) is 0 Å². The monoisotopic (exact) mass is 220 g/mol. The van der Waals surface area contributed by atoms with Crippen LogP contribution in [0.1, 0.15) is 0 Å². The van der Waals surface area contributed by atoms with E-state index in [0.29, 0.717) is 0 Å². The Labute approximate surface area is 70.6 Å². The number of hydrogen-bond donors (Lipinski definition) is 3. The Morgan fingerprint density at radius 1 is 1.30 bits per heavy atom. The van der Waals surface area contributed by atoms with Gasteiger partial charge in [0, 0.05) is 29.9 Å². The molecule has 0 heterocycles. The first-order valence-corrected chi connectivity index (χ1v) is 2.87. The van der Waals surface area contributed by atoms with Crippen LogP contribution in [0.25, 0.3) is 0 Å². The van der Waals surface area contributed by atoms with Crippen molar-refractivity contribution in [3.8, 4) is 0 Å². The summed E-state index contributed by atoms with van der Waals surface area (Å²) in [5.74, 6) is -0.0833. The molecule has 0 bridgehead atoms. The fraction of sp³-hybridized carbons (Fsp3) is 0. The average molecular weight is 222 g/mol. The van der Waals surface area contributed by atoms with Gasteiger partial charge in [-0.2, -0.15) is 0 Å². The van der Waals surface area contributed by atoms with Crippen LogP contribution in [0.4, 0.5) is 0 Å². The number of nitrogens with two attached hydrogens (primary N) is 3. The molecule has 0 saturated carbocycles. The van der Waals surface area contributed by atoms with Crippen LogP contribution in [0.5, 0.6) is 0 Å². The fourth-order valence-corrected chi connectivity index (χ4v) is 0. The molecule has 0 radical (unpaired) electrons. The second-order valence-corrected chi connectivity index (χ2v) is 1.72. The Kier molecular flexibility index (Phi) is 11.3. The fourth-order valence-electron chi connectivity index (χ4n) is 0. The molecule has 0 fully saturated rings. The summed E-state index contributed by atoms with van der Waals surface area (Å²) in [5, 5.41) is 4.58. The van der Waals surface area contributed by atoms with Gasteiger partial charge < -0.3 is 9.11 Å². The SMILES string of the molecule is NC(N)=[NH2+].O=S(=O)([O-])[O-].[Zn]. The predicted octanol–water partition coefficient (Wildman–Crippen LogP) is -4.32. The normalized spacial score (nSPS) is 8.20. The largest absolute Gasteiger partial charge is 0.759 e. The molecule has 0 aliphatic heterocycles. The molecule has 0 amide bonds. The molecule has 0 atom stereocenters. The first kappa shape index (κ1) is 16.4. The van der Waals surface area contributed by atoms with E-state index in [1.54, 1.807) is 0 Å². The van der Waals surface area contributed by atoms with E-state index in [4.69, 9.17) is 17.5 Å². The molecule has 0 aromatic rings.